The van der Waals surface area contributed by atoms with E-state index in [-0.39, 0.29) is 63.5 Å². The zero-order valence-electron chi connectivity index (χ0n) is 33.0. The number of hydrogen-bond donors (Lipinski definition) is 3. The van der Waals surface area contributed by atoms with Gasteiger partial charge >= 0.3 is 6.18 Å². The van der Waals surface area contributed by atoms with Gasteiger partial charge in [-0.05, 0) is 62.7 Å². The number of ether oxygens (including phenoxy) is 1. The minimum absolute atomic E-state index is 0.0531. The number of alkyl halides is 4. The average Bonchev–Trinajstić information content (AvgIpc) is 3.68. The van der Waals surface area contributed by atoms with E-state index < -0.39 is 66.6 Å². The van der Waals surface area contributed by atoms with Crippen molar-refractivity contribution in [1.29, 1.82) is 0 Å². The molecule has 8 rings (SSSR count). The molecule has 21 heteroatoms. The van der Waals surface area contributed by atoms with Crippen LogP contribution in [0.3, 0.4) is 0 Å². The van der Waals surface area contributed by atoms with Crippen LogP contribution in [-0.2, 0) is 28.9 Å². The quantitative estimate of drug-likeness (QED) is 0.181. The van der Waals surface area contributed by atoms with Crippen LogP contribution in [0.5, 0.6) is 5.75 Å². The molecule has 61 heavy (non-hydrogen) atoms. The fraction of sp³-hybridized carbons (Fsp3) is 0.425. The lowest BCUT2D eigenvalue weighted by Crippen LogP contribution is -2.64. The number of amides is 2. The number of hydrogen-bond acceptors (Lipinski definition) is 12. The zero-order valence-corrected chi connectivity index (χ0v) is 33.7. The predicted molar refractivity (Wildman–Crippen MR) is 213 cm³/mol. The first kappa shape index (κ1) is 42.0. The number of piperidine rings is 1. The number of nitrogens with one attached hydrogen (secondary N) is 1. The molecule has 3 saturated heterocycles. The van der Waals surface area contributed by atoms with E-state index in [2.05, 4.69) is 42.1 Å². The summed E-state index contributed by atoms with van der Waals surface area (Å²) in [6, 6.07) is 9.82. The monoisotopic (exact) mass is 868 g/mol. The summed E-state index contributed by atoms with van der Waals surface area (Å²) in [5.41, 5.74) is -0.946. The summed E-state index contributed by atoms with van der Waals surface area (Å²) in [4.78, 5) is 59.5. The number of anilines is 2. The van der Waals surface area contributed by atoms with Crippen LogP contribution >= 0.6 is 11.6 Å². The molecule has 322 valence electrons. The highest BCUT2D eigenvalue weighted by Gasteiger charge is 2.41. The van der Waals surface area contributed by atoms with Gasteiger partial charge in [-0.15, -0.1) is 5.10 Å². The molecule has 0 bridgehead atoms. The number of benzene rings is 2. The highest BCUT2D eigenvalue weighted by Crippen LogP contribution is 2.36. The summed E-state index contributed by atoms with van der Waals surface area (Å²) in [6.07, 6.45) is -5.55. The zero-order chi connectivity index (χ0) is 43.4. The Bertz CT molecular complexity index is 2560. The van der Waals surface area contributed by atoms with Crippen LogP contribution in [0, 0.1) is 6.92 Å². The molecule has 0 aliphatic carbocycles. The number of halogens is 5. The van der Waals surface area contributed by atoms with Gasteiger partial charge in [-0.1, -0.05) is 11.6 Å². The second-order valence-electron chi connectivity index (χ2n) is 15.6. The Kier molecular flexibility index (Phi) is 11.2. The molecule has 3 aliphatic heterocycles. The number of fused-ring (bicyclic) bond motifs is 1. The van der Waals surface area contributed by atoms with E-state index in [4.69, 9.17) is 16.3 Å². The first-order valence-corrected chi connectivity index (χ1v) is 19.9. The fourth-order valence-corrected chi connectivity index (χ4v) is 8.40. The van der Waals surface area contributed by atoms with Crippen molar-refractivity contribution < 1.29 is 42.1 Å². The summed E-state index contributed by atoms with van der Waals surface area (Å²) in [5.74, 6) is -3.30. The summed E-state index contributed by atoms with van der Waals surface area (Å²) < 4.78 is 63.9. The number of aliphatic hydroxyl groups excluding tert-OH is 1. The topological polar surface area (TPSA) is 184 Å². The third kappa shape index (κ3) is 7.99. The largest absolute Gasteiger partial charge is 0.504 e. The van der Waals surface area contributed by atoms with Crippen LogP contribution < -0.4 is 15.8 Å². The van der Waals surface area contributed by atoms with E-state index in [0.717, 1.165) is 59.7 Å². The molecule has 3 N–H and O–H groups in total. The van der Waals surface area contributed by atoms with Crippen molar-refractivity contribution in [2.45, 2.75) is 57.2 Å². The predicted octanol–water partition coefficient (Wildman–Crippen LogP) is 4.04. The van der Waals surface area contributed by atoms with Gasteiger partial charge in [-0.3, -0.25) is 19.3 Å². The number of carbonyl (C=O) groups excluding carboxylic acids is 2. The van der Waals surface area contributed by atoms with Crippen LogP contribution in [0.2, 0.25) is 5.02 Å². The van der Waals surface area contributed by atoms with Crippen molar-refractivity contribution in [3.63, 3.8) is 0 Å². The van der Waals surface area contributed by atoms with Crippen molar-refractivity contribution in [2.75, 3.05) is 62.7 Å². The molecule has 3 aliphatic rings. The Balaban J connectivity index is 1.12. The molecular weight excluding hydrogens is 828 g/mol. The molecule has 0 saturated carbocycles. The highest BCUT2D eigenvalue weighted by molar-refractivity contribution is 6.33. The standard InChI is InChI=1S/C40H41ClF4N10O6/c1-22-34(58)33(47-21-46-22)37(60)52-10-9-26(28(42)16-52)32-30(18-56)54(17-31(57)48-29-8-5-24(15-27(29)41)40(43,44)45)38-49-35(50-55(38)36(32)59)23-3-6-25(7-4-23)51-11-13-53(14-12-51)39(2)19-61-20-39/h3-8,15,21,26,28,56,58H,9-14,16-20H2,1-2H3,(H,48,57)/t26?,28-/m0/s1. The summed E-state index contributed by atoms with van der Waals surface area (Å²) >= 11 is 6.12. The molecule has 6 heterocycles. The van der Waals surface area contributed by atoms with Gasteiger partial charge in [0, 0.05) is 55.5 Å². The van der Waals surface area contributed by atoms with Gasteiger partial charge in [0.2, 0.25) is 11.7 Å². The average molecular weight is 869 g/mol. The molecule has 3 fully saturated rings. The Morgan fingerprint density at radius 3 is 2.39 bits per heavy atom. The molecule has 1 unspecified atom stereocenters. The number of nitrogens with zero attached hydrogens (tertiary/aromatic N) is 9. The van der Waals surface area contributed by atoms with E-state index >= 15 is 4.39 Å². The molecule has 0 spiro atoms. The van der Waals surface area contributed by atoms with Gasteiger partial charge in [0.15, 0.2) is 17.3 Å². The van der Waals surface area contributed by atoms with Gasteiger partial charge < -0.3 is 34.6 Å². The van der Waals surface area contributed by atoms with Crippen molar-refractivity contribution in [3.8, 4) is 17.1 Å². The number of aryl methyl sites for hydroxylation is 1. The number of aromatic hydroxyl groups is 1. The van der Waals surface area contributed by atoms with Crippen molar-refractivity contribution >= 4 is 40.6 Å². The lowest BCUT2D eigenvalue weighted by Gasteiger charge is -2.50. The Labute approximate surface area is 350 Å². The number of aromatic nitrogens is 6. The molecule has 5 aromatic rings. The smallest absolute Gasteiger partial charge is 0.416 e. The molecule has 16 nitrogen and oxygen atoms in total. The van der Waals surface area contributed by atoms with Gasteiger partial charge in [0.25, 0.3) is 11.5 Å². The number of carbonyl (C=O) groups is 2. The number of aliphatic hydroxyl groups is 1. The van der Waals surface area contributed by atoms with Crippen LogP contribution in [0.1, 0.15) is 52.3 Å². The van der Waals surface area contributed by atoms with E-state index in [1.165, 1.54) is 11.5 Å². The van der Waals surface area contributed by atoms with Gasteiger partial charge in [0.1, 0.15) is 19.0 Å². The normalized spacial score (nSPS) is 19.5. The Morgan fingerprint density at radius 2 is 1.77 bits per heavy atom. The minimum atomic E-state index is -4.68. The summed E-state index contributed by atoms with van der Waals surface area (Å²) in [5, 5.41) is 27.8. The van der Waals surface area contributed by atoms with Crippen molar-refractivity contribution in [3.05, 3.63) is 92.4 Å². The highest BCUT2D eigenvalue weighted by atomic mass is 35.5. The van der Waals surface area contributed by atoms with Crippen molar-refractivity contribution in [2.24, 2.45) is 0 Å². The van der Waals surface area contributed by atoms with Gasteiger partial charge in [-0.25, -0.2) is 14.4 Å². The van der Waals surface area contributed by atoms with Crippen LogP contribution in [0.4, 0.5) is 28.9 Å². The lowest BCUT2D eigenvalue weighted by atomic mass is 9.87. The first-order valence-electron chi connectivity index (χ1n) is 19.5. The first-order chi connectivity index (χ1) is 29.1. The Hall–Kier alpha value is -5.70. The third-order valence-electron chi connectivity index (χ3n) is 11.7. The van der Waals surface area contributed by atoms with Crippen LogP contribution in [0.25, 0.3) is 17.2 Å². The minimum Gasteiger partial charge on any atom is -0.504 e. The van der Waals surface area contributed by atoms with E-state index in [9.17, 15) is 37.8 Å². The maximum Gasteiger partial charge on any atom is 0.416 e. The van der Waals surface area contributed by atoms with Crippen molar-refractivity contribution in [1.82, 2.24) is 38.9 Å². The molecule has 0 radical (unpaired) electrons. The summed E-state index contributed by atoms with van der Waals surface area (Å²) in [7, 11) is 0. The number of piperazine rings is 1. The van der Waals surface area contributed by atoms with E-state index in [1.807, 2.05) is 12.1 Å². The molecule has 2 amide bonds. The van der Waals surface area contributed by atoms with Gasteiger partial charge in [0.05, 0.1) is 59.6 Å². The Morgan fingerprint density at radius 1 is 1.05 bits per heavy atom. The second kappa shape index (κ2) is 16.3. The second-order valence-corrected chi connectivity index (χ2v) is 16.0. The summed E-state index contributed by atoms with van der Waals surface area (Å²) in [6.45, 7) is 6.38. The molecule has 2 aromatic carbocycles. The molecule has 2 atom stereocenters. The molecule has 3 aromatic heterocycles. The maximum absolute atomic E-state index is 16.4. The maximum atomic E-state index is 16.4. The van der Waals surface area contributed by atoms with E-state index in [0.29, 0.717) is 24.8 Å². The van der Waals surface area contributed by atoms with Crippen LogP contribution in [0.15, 0.2) is 53.6 Å². The lowest BCUT2D eigenvalue weighted by molar-refractivity contribution is -0.137. The number of rotatable bonds is 9. The third-order valence-corrected chi connectivity index (χ3v) is 12.0. The fourth-order valence-electron chi connectivity index (χ4n) is 8.17. The van der Waals surface area contributed by atoms with Gasteiger partial charge in [-0.2, -0.15) is 22.7 Å². The number of likely N-dealkylation sites (tertiary alicyclic amines) is 1. The molecular formula is C40H41ClF4N10O6. The van der Waals surface area contributed by atoms with Crippen LogP contribution in [-0.4, -0.2) is 125 Å². The SMILES string of the molecule is Cc1ncnc(C(=O)N2CCC(c3c(CO)n(CC(=O)Nc4ccc(C(F)(F)F)cc4Cl)c4nc(-c5ccc(N6CCN(C7(C)COC7)CC6)cc5)nn4c3=O)[C@@H](F)C2)c1O. The van der Waals surface area contributed by atoms with E-state index in [1.54, 1.807) is 12.1 Å².